The number of hydrogen-bond donors (Lipinski definition) is 1. The minimum Gasteiger partial charge on any atom is -0.507 e. The number of rotatable bonds is 10. The Morgan fingerprint density at radius 1 is 0.925 bits per heavy atom. The number of amides is 1. The van der Waals surface area contributed by atoms with E-state index in [2.05, 4.69) is 27.7 Å². The zero-order valence-electron chi connectivity index (χ0n) is 24.1. The number of hydrogen-bond acceptors (Lipinski definition) is 5. The average Bonchev–Trinajstić information content (AvgIpc) is 3.20. The van der Waals surface area contributed by atoms with Crippen molar-refractivity contribution >= 4 is 17.4 Å². The van der Waals surface area contributed by atoms with Gasteiger partial charge >= 0.3 is 0 Å². The minimum atomic E-state index is -0.745. The summed E-state index contributed by atoms with van der Waals surface area (Å²) in [6.07, 6.45) is 3.19. The number of carbonyl (C=O) groups excluding carboxylic acids is 2. The smallest absolute Gasteiger partial charge is 0.295 e. The maximum Gasteiger partial charge on any atom is 0.295 e. The lowest BCUT2D eigenvalue weighted by Gasteiger charge is -2.27. The molecular formula is C34H39NO5. The van der Waals surface area contributed by atoms with E-state index < -0.39 is 17.7 Å². The van der Waals surface area contributed by atoms with E-state index in [-0.39, 0.29) is 23.3 Å². The van der Waals surface area contributed by atoms with Crippen molar-refractivity contribution < 1.29 is 24.2 Å². The number of aliphatic hydroxyl groups is 1. The Morgan fingerprint density at radius 2 is 1.62 bits per heavy atom. The van der Waals surface area contributed by atoms with Crippen LogP contribution in [-0.2, 0) is 21.5 Å². The van der Waals surface area contributed by atoms with Crippen LogP contribution < -0.4 is 9.47 Å². The normalized spacial score (nSPS) is 16.8. The number of aliphatic hydroxyl groups excluding tert-OH is 1. The second kappa shape index (κ2) is 12.4. The van der Waals surface area contributed by atoms with Gasteiger partial charge in [0.25, 0.3) is 11.7 Å². The predicted octanol–water partition coefficient (Wildman–Crippen LogP) is 7.18. The molecule has 1 saturated heterocycles. The van der Waals surface area contributed by atoms with Crippen molar-refractivity contribution in [3.05, 3.63) is 101 Å². The van der Waals surface area contributed by atoms with E-state index in [1.54, 1.807) is 31.4 Å². The van der Waals surface area contributed by atoms with Gasteiger partial charge in [-0.3, -0.25) is 9.59 Å². The van der Waals surface area contributed by atoms with Crippen LogP contribution in [0.3, 0.4) is 0 Å². The number of Topliss-reactive ketones (excluding diaryl/α,β-unsaturated/α-hetero) is 1. The summed E-state index contributed by atoms with van der Waals surface area (Å²) in [4.78, 5) is 28.4. The third-order valence-corrected chi connectivity index (χ3v) is 7.26. The Labute approximate surface area is 237 Å². The first-order valence-corrected chi connectivity index (χ1v) is 13.9. The molecule has 0 aromatic heterocycles. The molecule has 1 fully saturated rings. The summed E-state index contributed by atoms with van der Waals surface area (Å²) in [7, 11) is 1.59. The highest BCUT2D eigenvalue weighted by atomic mass is 16.5. The largest absolute Gasteiger partial charge is 0.507 e. The number of ketones is 1. The molecule has 0 radical (unpaired) electrons. The van der Waals surface area contributed by atoms with Crippen molar-refractivity contribution in [3.63, 3.8) is 0 Å². The number of unbranched alkanes of at least 4 members (excludes halogenated alkanes) is 2. The van der Waals surface area contributed by atoms with Crippen LogP contribution in [0.4, 0.5) is 0 Å². The highest BCUT2D eigenvalue weighted by molar-refractivity contribution is 6.46. The molecule has 6 nitrogen and oxygen atoms in total. The van der Waals surface area contributed by atoms with Crippen molar-refractivity contribution in [2.75, 3.05) is 13.7 Å². The van der Waals surface area contributed by atoms with Gasteiger partial charge in [-0.1, -0.05) is 76.9 Å². The molecule has 40 heavy (non-hydrogen) atoms. The molecule has 4 rings (SSSR count). The number of ether oxygens (including phenoxy) is 2. The monoisotopic (exact) mass is 541 g/mol. The van der Waals surface area contributed by atoms with Crippen molar-refractivity contribution in [2.45, 2.75) is 65.0 Å². The molecule has 0 aliphatic carbocycles. The van der Waals surface area contributed by atoms with Crippen LogP contribution >= 0.6 is 0 Å². The lowest BCUT2D eigenvalue weighted by atomic mass is 9.85. The number of benzene rings is 3. The third kappa shape index (κ3) is 6.39. The molecule has 6 heteroatoms. The van der Waals surface area contributed by atoms with E-state index >= 15 is 0 Å². The summed E-state index contributed by atoms with van der Waals surface area (Å²) in [6, 6.07) is 21.6. The third-order valence-electron chi connectivity index (χ3n) is 7.26. The van der Waals surface area contributed by atoms with Gasteiger partial charge in [0, 0.05) is 12.1 Å². The summed E-state index contributed by atoms with van der Waals surface area (Å²) >= 11 is 0. The molecule has 1 N–H and O–H groups in total. The molecule has 1 heterocycles. The number of methoxy groups -OCH3 is 1. The summed E-state index contributed by atoms with van der Waals surface area (Å²) < 4.78 is 11.2. The van der Waals surface area contributed by atoms with Crippen LogP contribution in [0.15, 0.2) is 78.4 Å². The van der Waals surface area contributed by atoms with Crippen LogP contribution in [0.5, 0.6) is 11.5 Å². The Hall–Kier alpha value is -4.06. The van der Waals surface area contributed by atoms with Gasteiger partial charge in [-0.15, -0.1) is 0 Å². The van der Waals surface area contributed by atoms with Gasteiger partial charge in [-0.2, -0.15) is 0 Å². The summed E-state index contributed by atoms with van der Waals surface area (Å²) in [5, 5.41) is 11.4. The zero-order chi connectivity index (χ0) is 28.9. The summed E-state index contributed by atoms with van der Waals surface area (Å²) in [5.41, 5.74) is 3.19. The first kappa shape index (κ1) is 28.9. The highest BCUT2D eigenvalue weighted by Gasteiger charge is 2.46. The molecular weight excluding hydrogens is 502 g/mol. The minimum absolute atomic E-state index is 0.0543. The van der Waals surface area contributed by atoms with Crippen LogP contribution in [0, 0.1) is 0 Å². The predicted molar refractivity (Wildman–Crippen MR) is 157 cm³/mol. The summed E-state index contributed by atoms with van der Waals surface area (Å²) in [6.45, 7) is 9.36. The Morgan fingerprint density at radius 3 is 2.25 bits per heavy atom. The second-order valence-electron chi connectivity index (χ2n) is 11.2. The SMILES string of the molecule is CCCCCOc1ccc(/C(O)=C2/C(=O)C(=O)N(Cc3cccc(OC)c3)C2c2ccc(C(C)(C)C)cc2)cc1. The van der Waals surface area contributed by atoms with Gasteiger partial charge < -0.3 is 19.5 Å². The van der Waals surface area contributed by atoms with E-state index in [0.29, 0.717) is 23.7 Å². The lowest BCUT2D eigenvalue weighted by molar-refractivity contribution is -0.140. The molecule has 1 amide bonds. The topological polar surface area (TPSA) is 76.1 Å². The first-order chi connectivity index (χ1) is 19.1. The molecule has 3 aromatic rings. The molecule has 210 valence electrons. The van der Waals surface area contributed by atoms with Gasteiger partial charge in [0.1, 0.15) is 17.3 Å². The van der Waals surface area contributed by atoms with Crippen molar-refractivity contribution in [3.8, 4) is 11.5 Å². The van der Waals surface area contributed by atoms with E-state index in [1.807, 2.05) is 48.5 Å². The fourth-order valence-corrected chi connectivity index (χ4v) is 4.93. The number of likely N-dealkylation sites (tertiary alicyclic amines) is 1. The fraction of sp³-hybridized carbons (Fsp3) is 0.353. The standard InChI is InChI=1S/C34H39NO5/c1-6-7-8-20-40-27-18-14-25(15-19-27)31(36)29-30(24-12-16-26(17-13-24)34(2,3)4)35(33(38)32(29)37)22-23-10-9-11-28(21-23)39-5/h9-19,21,30,36H,6-8,20,22H2,1-5H3/b31-29-. The van der Waals surface area contributed by atoms with E-state index in [4.69, 9.17) is 9.47 Å². The van der Waals surface area contributed by atoms with Crippen molar-refractivity contribution in [1.29, 1.82) is 0 Å². The van der Waals surface area contributed by atoms with Gasteiger partial charge in [0.05, 0.1) is 25.3 Å². The van der Waals surface area contributed by atoms with E-state index in [9.17, 15) is 14.7 Å². The lowest BCUT2D eigenvalue weighted by Crippen LogP contribution is -2.29. The Bertz CT molecular complexity index is 1370. The molecule has 0 spiro atoms. The molecule has 1 atom stereocenters. The van der Waals surface area contributed by atoms with Gasteiger partial charge in [-0.05, 0) is 64.9 Å². The Balaban J connectivity index is 1.73. The van der Waals surface area contributed by atoms with Gasteiger partial charge in [0.2, 0.25) is 0 Å². The van der Waals surface area contributed by atoms with Gasteiger partial charge in [-0.25, -0.2) is 0 Å². The molecule has 0 saturated carbocycles. The second-order valence-corrected chi connectivity index (χ2v) is 11.2. The molecule has 1 aliphatic rings. The summed E-state index contributed by atoms with van der Waals surface area (Å²) in [5.74, 6) is -0.193. The maximum absolute atomic E-state index is 13.5. The van der Waals surface area contributed by atoms with E-state index in [0.717, 1.165) is 36.0 Å². The molecule has 3 aromatic carbocycles. The van der Waals surface area contributed by atoms with Crippen LogP contribution in [0.25, 0.3) is 5.76 Å². The molecule has 0 bridgehead atoms. The fourth-order valence-electron chi connectivity index (χ4n) is 4.93. The highest BCUT2D eigenvalue weighted by Crippen LogP contribution is 2.41. The van der Waals surface area contributed by atoms with Crippen molar-refractivity contribution in [1.82, 2.24) is 4.90 Å². The van der Waals surface area contributed by atoms with Crippen LogP contribution in [-0.4, -0.2) is 35.4 Å². The van der Waals surface area contributed by atoms with Crippen molar-refractivity contribution in [2.24, 2.45) is 0 Å². The molecule has 1 aliphatic heterocycles. The first-order valence-electron chi connectivity index (χ1n) is 13.9. The zero-order valence-corrected chi connectivity index (χ0v) is 24.1. The average molecular weight is 542 g/mol. The van der Waals surface area contributed by atoms with E-state index in [1.165, 1.54) is 4.90 Å². The van der Waals surface area contributed by atoms with Gasteiger partial charge in [0.15, 0.2) is 0 Å². The van der Waals surface area contributed by atoms with Crippen LogP contribution in [0.2, 0.25) is 0 Å². The quantitative estimate of drug-likeness (QED) is 0.127. The van der Waals surface area contributed by atoms with Crippen LogP contribution in [0.1, 0.15) is 75.3 Å². The molecule has 1 unspecified atom stereocenters. The maximum atomic E-state index is 13.5. The number of carbonyl (C=O) groups is 2. The number of nitrogens with zero attached hydrogens (tertiary/aromatic N) is 1. The Kier molecular flexibility index (Phi) is 8.98.